The second-order valence-corrected chi connectivity index (χ2v) is 2.69. The van der Waals surface area contributed by atoms with Crippen LogP contribution in [0.3, 0.4) is 0 Å². The summed E-state index contributed by atoms with van der Waals surface area (Å²) in [7, 11) is 0. The molecule has 0 aliphatic rings. The minimum Gasteiger partial charge on any atom is -0.324 e. The Balaban J connectivity index is 3.05. The van der Waals surface area contributed by atoms with Gasteiger partial charge in [-0.05, 0) is 24.6 Å². The van der Waals surface area contributed by atoms with Gasteiger partial charge in [-0.25, -0.2) is 4.39 Å². The molecule has 1 aromatic rings. The summed E-state index contributed by atoms with van der Waals surface area (Å²) >= 11 is 5.45. The number of nitrogens with two attached hydrogens (primary N) is 1. The molecule has 1 aromatic carbocycles. The van der Waals surface area contributed by atoms with E-state index in [0.29, 0.717) is 5.56 Å². The van der Waals surface area contributed by atoms with Crippen molar-refractivity contribution in [1.82, 2.24) is 0 Å². The Hall–Kier alpha value is -0.600. The van der Waals surface area contributed by atoms with Gasteiger partial charge in [0.2, 0.25) is 0 Å². The summed E-state index contributed by atoms with van der Waals surface area (Å²) in [6, 6.07) is 4.02. The second-order valence-electron chi connectivity index (χ2n) is 2.28. The molecule has 1 rings (SSSR count). The summed E-state index contributed by atoms with van der Waals surface area (Å²) in [6.07, 6.45) is 0. The first-order valence-corrected chi connectivity index (χ1v) is 3.52. The van der Waals surface area contributed by atoms with Gasteiger partial charge in [-0.2, -0.15) is 0 Å². The van der Waals surface area contributed by atoms with Crippen molar-refractivity contribution >= 4 is 11.6 Å². The van der Waals surface area contributed by atoms with E-state index >= 15 is 0 Å². The lowest BCUT2D eigenvalue weighted by atomic mass is 10.1. The first kappa shape index (κ1) is 8.50. The summed E-state index contributed by atoms with van der Waals surface area (Å²) in [5.41, 5.74) is 6.06. The largest absolute Gasteiger partial charge is 0.324 e. The third kappa shape index (κ3) is 1.91. The number of hydrogen-bond acceptors (Lipinski definition) is 1. The van der Waals surface area contributed by atoms with E-state index in [1.807, 2.05) is 0 Å². The molecule has 59 valence electrons. The predicted molar refractivity (Wildman–Crippen MR) is 43.7 cm³/mol. The highest BCUT2D eigenvalue weighted by molar-refractivity contribution is 6.30. The molecule has 0 amide bonds. The van der Waals surface area contributed by atoms with Crippen molar-refractivity contribution in [2.24, 2.45) is 5.73 Å². The Morgan fingerprint density at radius 3 is 2.64 bits per heavy atom. The number of rotatable bonds is 1. The zero-order valence-electron chi connectivity index (χ0n) is 5.85. The second kappa shape index (κ2) is 3.20. The van der Waals surface area contributed by atoms with Gasteiger partial charge in [0, 0.05) is 6.04 Å². The van der Waals surface area contributed by atoms with E-state index in [9.17, 15) is 4.39 Å². The van der Waals surface area contributed by atoms with Gasteiger partial charge in [0.05, 0.1) is 5.02 Å². The van der Waals surface area contributed by atoms with E-state index in [1.54, 1.807) is 6.07 Å². The highest BCUT2D eigenvalue weighted by Crippen LogP contribution is 2.18. The molecule has 2 N–H and O–H groups in total. The summed E-state index contributed by atoms with van der Waals surface area (Å²) < 4.78 is 12.7. The molecule has 0 spiro atoms. The zero-order valence-corrected chi connectivity index (χ0v) is 6.61. The molecule has 0 aliphatic heterocycles. The molecule has 1 atom stereocenters. The van der Waals surface area contributed by atoms with Crippen LogP contribution in [0, 0.1) is 12.7 Å². The fourth-order valence-corrected chi connectivity index (χ4v) is 0.861. The minimum atomic E-state index is -0.455. The molecule has 11 heavy (non-hydrogen) atoms. The van der Waals surface area contributed by atoms with Crippen LogP contribution in [0.25, 0.3) is 0 Å². The molecule has 0 saturated carbocycles. The summed E-state index contributed by atoms with van der Waals surface area (Å²) in [5.74, 6) is -0.455. The van der Waals surface area contributed by atoms with E-state index in [1.165, 1.54) is 12.1 Å². The number of halogens is 2. The van der Waals surface area contributed by atoms with Crippen LogP contribution in [-0.4, -0.2) is 0 Å². The van der Waals surface area contributed by atoms with Gasteiger partial charge in [0.25, 0.3) is 0 Å². The molecule has 1 radical (unpaired) electrons. The maximum Gasteiger partial charge on any atom is 0.142 e. The van der Waals surface area contributed by atoms with Crippen LogP contribution in [0.2, 0.25) is 5.02 Å². The summed E-state index contributed by atoms with van der Waals surface area (Å²) in [4.78, 5) is 0. The van der Waals surface area contributed by atoms with Gasteiger partial charge in [-0.1, -0.05) is 17.7 Å². The number of hydrogen-bond donors (Lipinski definition) is 1. The smallest absolute Gasteiger partial charge is 0.142 e. The zero-order chi connectivity index (χ0) is 8.43. The van der Waals surface area contributed by atoms with E-state index in [2.05, 4.69) is 6.92 Å². The fraction of sp³-hybridized carbons (Fsp3) is 0.125. The molecular weight excluding hydrogens is 165 g/mol. The van der Waals surface area contributed by atoms with Crippen LogP contribution in [0.4, 0.5) is 4.39 Å². The average Bonchev–Trinajstić information content (AvgIpc) is 1.94. The summed E-state index contributed by atoms with van der Waals surface area (Å²) in [6.45, 7) is 3.55. The molecule has 1 unspecified atom stereocenters. The number of benzene rings is 1. The normalized spacial score (nSPS) is 13.1. The van der Waals surface area contributed by atoms with Gasteiger partial charge in [0.1, 0.15) is 5.82 Å². The Morgan fingerprint density at radius 1 is 1.55 bits per heavy atom. The predicted octanol–water partition coefficient (Wildman–Crippen LogP) is 2.31. The van der Waals surface area contributed by atoms with Crippen LogP contribution >= 0.6 is 11.6 Å². The lowest BCUT2D eigenvalue weighted by Gasteiger charge is -2.04. The van der Waals surface area contributed by atoms with Crippen molar-refractivity contribution in [1.29, 1.82) is 0 Å². The van der Waals surface area contributed by atoms with Crippen LogP contribution < -0.4 is 5.73 Å². The molecular formula is C8H8ClFN. The lowest BCUT2D eigenvalue weighted by molar-refractivity contribution is 0.624. The molecule has 0 saturated heterocycles. The first-order chi connectivity index (χ1) is 5.11. The van der Waals surface area contributed by atoms with E-state index < -0.39 is 11.9 Å². The quantitative estimate of drug-likeness (QED) is 0.691. The van der Waals surface area contributed by atoms with Crippen molar-refractivity contribution in [2.75, 3.05) is 0 Å². The van der Waals surface area contributed by atoms with Gasteiger partial charge in [-0.15, -0.1) is 0 Å². The first-order valence-electron chi connectivity index (χ1n) is 3.15. The van der Waals surface area contributed by atoms with Crippen molar-refractivity contribution in [3.8, 4) is 0 Å². The van der Waals surface area contributed by atoms with Crippen LogP contribution in [0.15, 0.2) is 18.2 Å². The third-order valence-corrected chi connectivity index (χ3v) is 1.68. The van der Waals surface area contributed by atoms with Crippen molar-refractivity contribution in [2.45, 2.75) is 6.04 Å². The topological polar surface area (TPSA) is 26.0 Å². The van der Waals surface area contributed by atoms with Gasteiger partial charge in [-0.3, -0.25) is 0 Å². The monoisotopic (exact) mass is 172 g/mol. The SMILES string of the molecule is [CH2]C(N)c1ccc(Cl)c(F)c1. The van der Waals surface area contributed by atoms with Crippen LogP contribution in [0.1, 0.15) is 11.6 Å². The molecule has 0 bridgehead atoms. The Kier molecular flexibility index (Phi) is 2.47. The van der Waals surface area contributed by atoms with Crippen LogP contribution in [-0.2, 0) is 0 Å². The Morgan fingerprint density at radius 2 is 2.18 bits per heavy atom. The summed E-state index contributed by atoms with van der Waals surface area (Å²) in [5, 5.41) is 0.106. The van der Waals surface area contributed by atoms with Crippen molar-refractivity contribution < 1.29 is 4.39 Å². The van der Waals surface area contributed by atoms with E-state index in [-0.39, 0.29) is 5.02 Å². The maximum absolute atomic E-state index is 12.7. The van der Waals surface area contributed by atoms with Crippen molar-refractivity contribution in [3.05, 3.63) is 41.5 Å². The maximum atomic E-state index is 12.7. The van der Waals surface area contributed by atoms with Gasteiger partial charge >= 0.3 is 0 Å². The molecule has 0 fully saturated rings. The highest BCUT2D eigenvalue weighted by atomic mass is 35.5. The Bertz CT molecular complexity index is 260. The van der Waals surface area contributed by atoms with Crippen molar-refractivity contribution in [3.63, 3.8) is 0 Å². The minimum absolute atomic E-state index is 0.106. The highest BCUT2D eigenvalue weighted by Gasteiger charge is 2.03. The fourth-order valence-electron chi connectivity index (χ4n) is 0.743. The van der Waals surface area contributed by atoms with E-state index in [0.717, 1.165) is 0 Å². The standard InChI is InChI=1S/C8H8ClFN/c1-5(11)6-2-3-7(9)8(10)4-6/h2-5H,1,11H2. The molecule has 0 aliphatic carbocycles. The molecule has 1 nitrogen and oxygen atoms in total. The third-order valence-electron chi connectivity index (χ3n) is 1.37. The van der Waals surface area contributed by atoms with Gasteiger partial charge in [0.15, 0.2) is 0 Å². The molecule has 0 aromatic heterocycles. The molecule has 3 heteroatoms. The van der Waals surface area contributed by atoms with E-state index in [4.69, 9.17) is 17.3 Å². The van der Waals surface area contributed by atoms with Crippen LogP contribution in [0.5, 0.6) is 0 Å². The Labute approximate surface area is 70.0 Å². The lowest BCUT2D eigenvalue weighted by Crippen LogP contribution is -2.05. The average molecular weight is 173 g/mol. The molecule has 0 heterocycles. The van der Waals surface area contributed by atoms with Gasteiger partial charge < -0.3 is 5.73 Å².